The highest BCUT2D eigenvalue weighted by Gasteiger charge is 2.39. The summed E-state index contributed by atoms with van der Waals surface area (Å²) in [6.07, 6.45) is 5.82. The molecule has 2 aromatic carbocycles. The normalized spacial score (nSPS) is 21.3. The van der Waals surface area contributed by atoms with Crippen molar-refractivity contribution in [2.75, 3.05) is 9.80 Å². The number of urea groups is 2. The van der Waals surface area contributed by atoms with Crippen molar-refractivity contribution in [1.82, 2.24) is 20.6 Å². The Hall–Kier alpha value is -5.86. The smallest absolute Gasteiger partial charge is 0.329 e. The van der Waals surface area contributed by atoms with Gasteiger partial charge < -0.3 is 29.6 Å². The van der Waals surface area contributed by atoms with Crippen LogP contribution in [0.1, 0.15) is 87.8 Å². The number of hydrogen-bond donors (Lipinski definition) is 2. The molecule has 14 nitrogen and oxygen atoms in total. The third-order valence-corrected chi connectivity index (χ3v) is 9.82. The zero-order valence-electron chi connectivity index (χ0n) is 30.5. The molecule has 6 amide bonds. The summed E-state index contributed by atoms with van der Waals surface area (Å²) < 4.78 is 23.5. The number of nitrogens with zero attached hydrogens (tertiary/aromatic N) is 4. The van der Waals surface area contributed by atoms with E-state index in [4.69, 9.17) is 18.9 Å². The van der Waals surface area contributed by atoms with E-state index in [1.807, 2.05) is 50.2 Å². The molecule has 0 aliphatic carbocycles. The number of anilines is 2. The van der Waals surface area contributed by atoms with E-state index in [0.717, 1.165) is 56.4 Å². The Kier molecular flexibility index (Phi) is 10.6. The zero-order chi connectivity index (χ0) is 37.9. The number of imide groups is 2. The van der Waals surface area contributed by atoms with Crippen molar-refractivity contribution in [3.05, 3.63) is 95.3 Å². The van der Waals surface area contributed by atoms with Gasteiger partial charge in [-0.15, -0.1) is 0 Å². The third-order valence-electron chi connectivity index (χ3n) is 9.82. The molecule has 0 saturated carbocycles. The van der Waals surface area contributed by atoms with E-state index < -0.39 is 24.1 Å². The fraction of sp³-hybridized carbons (Fsp3) is 0.350. The highest BCUT2D eigenvalue weighted by Crippen LogP contribution is 2.42. The highest BCUT2D eigenvalue weighted by atomic mass is 16.5. The lowest BCUT2D eigenvalue weighted by Gasteiger charge is -2.15. The third kappa shape index (κ3) is 6.97. The number of aromatic nitrogens is 2. The maximum Gasteiger partial charge on any atom is 0.329 e. The first-order chi connectivity index (χ1) is 26.2. The minimum absolute atomic E-state index is 0.0207. The van der Waals surface area contributed by atoms with Gasteiger partial charge in [-0.2, -0.15) is 0 Å². The zero-order valence-corrected chi connectivity index (χ0v) is 30.5. The second kappa shape index (κ2) is 15.6. The topological polar surface area (TPSA) is 162 Å². The average Bonchev–Trinajstić information content (AvgIpc) is 3.96. The van der Waals surface area contributed by atoms with Crippen LogP contribution in [0.4, 0.5) is 21.0 Å². The molecule has 4 atom stereocenters. The van der Waals surface area contributed by atoms with E-state index in [1.165, 1.54) is 12.4 Å². The first-order valence-electron chi connectivity index (χ1n) is 18.3. The SMILES string of the molecule is CCC1OCc2cccc(Oc3ccc(N4C(=O)N[C@H](CC)C4=O)cn3)c21.CCC1OCc2cccc(Oc3ccc(N4C(=O)N[C@H](CC)C4=O)cn3)c21. The first-order valence-corrected chi connectivity index (χ1v) is 18.3. The van der Waals surface area contributed by atoms with Gasteiger partial charge in [0.2, 0.25) is 11.8 Å². The van der Waals surface area contributed by atoms with Gasteiger partial charge >= 0.3 is 12.1 Å². The molecule has 2 saturated heterocycles. The van der Waals surface area contributed by atoms with Crippen molar-refractivity contribution in [1.29, 1.82) is 0 Å². The van der Waals surface area contributed by atoms with Gasteiger partial charge in [0, 0.05) is 23.3 Å². The lowest BCUT2D eigenvalue weighted by atomic mass is 10.0. The monoisotopic (exact) mass is 734 g/mol. The molecule has 0 radical (unpaired) electrons. The van der Waals surface area contributed by atoms with Crippen LogP contribution < -0.4 is 29.9 Å². The van der Waals surface area contributed by atoms with E-state index in [1.54, 1.807) is 24.3 Å². The van der Waals surface area contributed by atoms with Gasteiger partial charge in [0.05, 0.1) is 49.2 Å². The van der Waals surface area contributed by atoms with Crippen LogP contribution >= 0.6 is 0 Å². The van der Waals surface area contributed by atoms with Gasteiger partial charge in [0.25, 0.3) is 11.8 Å². The molecule has 4 aliphatic rings. The summed E-state index contributed by atoms with van der Waals surface area (Å²) in [7, 11) is 0. The molecule has 54 heavy (non-hydrogen) atoms. The number of hydrogen-bond acceptors (Lipinski definition) is 10. The maximum atomic E-state index is 12.3. The summed E-state index contributed by atoms with van der Waals surface area (Å²) in [5.41, 5.74) is 5.22. The fourth-order valence-corrected chi connectivity index (χ4v) is 6.99. The standard InChI is InChI=1S/2C20H21N3O4/c2*1-3-14-19(24)23(20(25)22-14)13-8-9-17(21-10-13)27-16-7-5-6-12-11-26-15(4-2)18(12)16/h2*5-10,14-15H,3-4,11H2,1-2H3,(H,22,25)/t2*14-,15?/m11/s1. The summed E-state index contributed by atoms with van der Waals surface area (Å²) in [4.78, 5) is 59.5. The van der Waals surface area contributed by atoms with Crippen LogP contribution in [0.5, 0.6) is 23.3 Å². The Bertz CT molecular complexity index is 1910. The summed E-state index contributed by atoms with van der Waals surface area (Å²) in [6.45, 7) is 9.03. The molecule has 0 spiro atoms. The minimum atomic E-state index is -0.480. The predicted molar refractivity (Wildman–Crippen MR) is 197 cm³/mol. The quantitative estimate of drug-likeness (QED) is 0.157. The molecule has 2 aromatic heterocycles. The van der Waals surface area contributed by atoms with Gasteiger partial charge in [0.1, 0.15) is 23.6 Å². The lowest BCUT2D eigenvalue weighted by Crippen LogP contribution is -2.31. The van der Waals surface area contributed by atoms with E-state index in [0.29, 0.717) is 49.2 Å². The Labute approximate surface area is 312 Å². The Balaban J connectivity index is 0.000000167. The number of carbonyl (C=O) groups is 4. The molecule has 2 N–H and O–H groups in total. The van der Waals surface area contributed by atoms with Crippen molar-refractivity contribution in [3.8, 4) is 23.3 Å². The Morgan fingerprint density at radius 3 is 1.37 bits per heavy atom. The molecule has 8 rings (SSSR count). The number of rotatable bonds is 10. The number of ether oxygens (including phenoxy) is 4. The van der Waals surface area contributed by atoms with Gasteiger partial charge in [-0.3, -0.25) is 9.59 Å². The molecule has 4 aliphatic heterocycles. The van der Waals surface area contributed by atoms with E-state index in [2.05, 4.69) is 34.4 Å². The summed E-state index contributed by atoms with van der Waals surface area (Å²) in [5, 5.41) is 5.32. The van der Waals surface area contributed by atoms with Crippen molar-refractivity contribution in [2.24, 2.45) is 0 Å². The molecular weight excluding hydrogens is 692 g/mol. The van der Waals surface area contributed by atoms with Gasteiger partial charge in [-0.05, 0) is 61.1 Å². The largest absolute Gasteiger partial charge is 0.439 e. The van der Waals surface area contributed by atoms with Crippen LogP contribution in [0.15, 0.2) is 73.1 Å². The Morgan fingerprint density at radius 1 is 0.611 bits per heavy atom. The van der Waals surface area contributed by atoms with Crippen molar-refractivity contribution in [2.45, 2.75) is 90.9 Å². The Morgan fingerprint density at radius 2 is 1.04 bits per heavy atom. The van der Waals surface area contributed by atoms with Crippen molar-refractivity contribution in [3.63, 3.8) is 0 Å². The van der Waals surface area contributed by atoms with Crippen LogP contribution in [0.25, 0.3) is 0 Å². The number of pyridine rings is 2. The second-order valence-corrected chi connectivity index (χ2v) is 13.2. The fourth-order valence-electron chi connectivity index (χ4n) is 6.99. The molecule has 280 valence electrons. The maximum absolute atomic E-state index is 12.3. The summed E-state index contributed by atoms with van der Waals surface area (Å²) >= 11 is 0. The summed E-state index contributed by atoms with van der Waals surface area (Å²) in [5.74, 6) is 1.71. The molecule has 0 bridgehead atoms. The van der Waals surface area contributed by atoms with Gasteiger partial charge in [0.15, 0.2) is 0 Å². The van der Waals surface area contributed by atoms with Crippen LogP contribution in [0.2, 0.25) is 0 Å². The lowest BCUT2D eigenvalue weighted by molar-refractivity contribution is -0.119. The minimum Gasteiger partial charge on any atom is -0.439 e. The van der Waals surface area contributed by atoms with E-state index in [-0.39, 0.29) is 24.0 Å². The number of fused-ring (bicyclic) bond motifs is 2. The molecule has 6 heterocycles. The number of nitrogens with one attached hydrogen (secondary N) is 2. The van der Waals surface area contributed by atoms with E-state index in [9.17, 15) is 19.2 Å². The highest BCUT2D eigenvalue weighted by molar-refractivity contribution is 6.22. The summed E-state index contributed by atoms with van der Waals surface area (Å²) in [6, 6.07) is 16.6. The van der Waals surface area contributed by atoms with Gasteiger partial charge in [-0.1, -0.05) is 52.0 Å². The molecule has 4 aromatic rings. The molecular formula is C40H42N6O8. The number of amides is 6. The van der Waals surface area contributed by atoms with Crippen molar-refractivity contribution >= 4 is 35.3 Å². The van der Waals surface area contributed by atoms with E-state index >= 15 is 0 Å². The average molecular weight is 735 g/mol. The van der Waals surface area contributed by atoms with Crippen LogP contribution in [-0.4, -0.2) is 45.9 Å². The molecule has 14 heteroatoms. The number of carbonyl (C=O) groups excluding carboxylic acids is 4. The number of benzene rings is 2. The van der Waals surface area contributed by atoms with Crippen molar-refractivity contribution < 1.29 is 38.1 Å². The van der Waals surface area contributed by atoms with Crippen LogP contribution in [-0.2, 0) is 32.3 Å². The molecule has 2 unspecified atom stereocenters. The van der Waals surface area contributed by atoms with Gasteiger partial charge in [-0.25, -0.2) is 29.4 Å². The van der Waals surface area contributed by atoms with Crippen LogP contribution in [0, 0.1) is 0 Å². The first kappa shape index (κ1) is 36.5. The second-order valence-electron chi connectivity index (χ2n) is 13.2. The predicted octanol–water partition coefficient (Wildman–Crippen LogP) is 7.38. The molecule has 2 fully saturated rings. The van der Waals surface area contributed by atoms with Crippen LogP contribution in [0.3, 0.4) is 0 Å².